The fraction of sp³-hybridized carbons (Fsp3) is 0.550. The molecule has 0 aliphatic carbocycles. The monoisotopic (exact) mass is 356 g/mol. The quantitative estimate of drug-likeness (QED) is 0.775. The van der Waals surface area contributed by atoms with Crippen LogP contribution >= 0.6 is 0 Å². The molecule has 1 aromatic carbocycles. The molecule has 0 saturated carbocycles. The lowest BCUT2D eigenvalue weighted by Crippen LogP contribution is -2.35. The summed E-state index contributed by atoms with van der Waals surface area (Å²) < 4.78 is 2.11. The fourth-order valence-electron chi connectivity index (χ4n) is 3.49. The summed E-state index contributed by atoms with van der Waals surface area (Å²) in [6.07, 6.45) is 5.82. The summed E-state index contributed by atoms with van der Waals surface area (Å²) in [7, 11) is 2.03. The Balaban J connectivity index is 1.38. The molecule has 2 amide bonds. The molecule has 1 aliphatic heterocycles. The van der Waals surface area contributed by atoms with Crippen molar-refractivity contribution in [2.45, 2.75) is 44.9 Å². The van der Waals surface area contributed by atoms with Crippen LogP contribution in [-0.2, 0) is 23.1 Å². The third kappa shape index (κ3) is 4.62. The van der Waals surface area contributed by atoms with E-state index < -0.39 is 0 Å². The Labute approximate surface area is 154 Å². The number of para-hydroxylation sites is 2. The summed E-state index contributed by atoms with van der Waals surface area (Å²) in [5, 5.41) is 2.96. The molecule has 0 atom stereocenters. The highest BCUT2D eigenvalue weighted by molar-refractivity contribution is 5.79. The number of imidazole rings is 1. The molecule has 0 spiro atoms. The Bertz CT molecular complexity index is 768. The molecule has 1 N–H and O–H groups in total. The first-order chi connectivity index (χ1) is 12.6. The third-order valence-electron chi connectivity index (χ3n) is 5.06. The number of nitrogens with zero attached hydrogens (tertiary/aromatic N) is 3. The normalized spacial score (nSPS) is 15.3. The number of carbonyl (C=O) groups excluding carboxylic acids is 2. The number of aryl methyl sites for hydroxylation is 2. The van der Waals surface area contributed by atoms with Crippen molar-refractivity contribution in [3.05, 3.63) is 30.1 Å². The topological polar surface area (TPSA) is 67.2 Å². The first-order valence-electron chi connectivity index (χ1n) is 9.60. The molecular formula is C20H28N4O2. The van der Waals surface area contributed by atoms with E-state index in [-0.39, 0.29) is 11.8 Å². The second kappa shape index (κ2) is 8.83. The maximum atomic E-state index is 12.0. The van der Waals surface area contributed by atoms with Gasteiger partial charge in [-0.05, 0) is 31.4 Å². The lowest BCUT2D eigenvalue weighted by atomic mass is 10.2. The first kappa shape index (κ1) is 18.4. The highest BCUT2D eigenvalue weighted by Gasteiger charge is 2.17. The van der Waals surface area contributed by atoms with Gasteiger partial charge >= 0.3 is 0 Å². The second-order valence-electron chi connectivity index (χ2n) is 6.97. The van der Waals surface area contributed by atoms with Gasteiger partial charge in [0, 0.05) is 45.9 Å². The van der Waals surface area contributed by atoms with Crippen LogP contribution < -0.4 is 5.32 Å². The van der Waals surface area contributed by atoms with E-state index in [0.29, 0.717) is 25.9 Å². The number of benzene rings is 1. The minimum Gasteiger partial charge on any atom is -0.356 e. The lowest BCUT2D eigenvalue weighted by Gasteiger charge is -2.20. The molecule has 0 unspecified atom stereocenters. The van der Waals surface area contributed by atoms with Crippen molar-refractivity contribution in [3.8, 4) is 0 Å². The number of hydrogen-bond donors (Lipinski definition) is 1. The van der Waals surface area contributed by atoms with E-state index in [1.54, 1.807) is 0 Å². The van der Waals surface area contributed by atoms with Crippen LogP contribution in [0.1, 0.15) is 44.3 Å². The van der Waals surface area contributed by atoms with Gasteiger partial charge in [0.1, 0.15) is 5.82 Å². The van der Waals surface area contributed by atoms with Crippen LogP contribution in [0.3, 0.4) is 0 Å². The van der Waals surface area contributed by atoms with Gasteiger partial charge in [-0.3, -0.25) is 9.59 Å². The minimum atomic E-state index is 0.0204. The van der Waals surface area contributed by atoms with E-state index in [2.05, 4.69) is 20.9 Å². The van der Waals surface area contributed by atoms with Gasteiger partial charge in [0.05, 0.1) is 11.0 Å². The molecule has 26 heavy (non-hydrogen) atoms. The summed E-state index contributed by atoms with van der Waals surface area (Å²) in [6.45, 7) is 1.96. The van der Waals surface area contributed by atoms with Crippen LogP contribution in [0.2, 0.25) is 0 Å². The summed E-state index contributed by atoms with van der Waals surface area (Å²) in [5.41, 5.74) is 2.14. The average Bonchev–Trinajstić information content (AvgIpc) is 2.82. The van der Waals surface area contributed by atoms with Crippen LogP contribution in [0.15, 0.2) is 24.3 Å². The molecule has 0 radical (unpaired) electrons. The summed E-state index contributed by atoms with van der Waals surface area (Å²) in [5.74, 6) is 1.25. The van der Waals surface area contributed by atoms with Crippen molar-refractivity contribution in [2.24, 2.45) is 7.05 Å². The standard InChI is InChI=1S/C20H28N4O2/c1-23-17-9-5-4-8-16(17)22-18(23)10-7-13-21-19(25)12-15-24-14-6-2-3-11-20(24)26/h4-5,8-9H,2-3,6-7,10-15H2,1H3,(H,21,25). The predicted octanol–water partition coefficient (Wildman–Crippen LogP) is 2.41. The summed E-state index contributed by atoms with van der Waals surface area (Å²) >= 11 is 0. The molecule has 0 bridgehead atoms. The van der Waals surface area contributed by atoms with Gasteiger partial charge in [0.15, 0.2) is 0 Å². The number of nitrogens with one attached hydrogen (secondary N) is 1. The van der Waals surface area contributed by atoms with Crippen LogP contribution in [0.25, 0.3) is 11.0 Å². The van der Waals surface area contributed by atoms with Crippen molar-refractivity contribution < 1.29 is 9.59 Å². The predicted molar refractivity (Wildman–Crippen MR) is 102 cm³/mol. The van der Waals surface area contributed by atoms with Gasteiger partial charge in [-0.15, -0.1) is 0 Å². The summed E-state index contributed by atoms with van der Waals surface area (Å²) in [6, 6.07) is 8.10. The number of amides is 2. The van der Waals surface area contributed by atoms with Crippen LogP contribution in [0, 0.1) is 0 Å². The van der Waals surface area contributed by atoms with Gasteiger partial charge in [-0.2, -0.15) is 0 Å². The Morgan fingerprint density at radius 2 is 2.08 bits per heavy atom. The molecule has 140 valence electrons. The number of hydrogen-bond acceptors (Lipinski definition) is 3. The van der Waals surface area contributed by atoms with Crippen molar-refractivity contribution >= 4 is 22.8 Å². The zero-order valence-electron chi connectivity index (χ0n) is 15.5. The Morgan fingerprint density at radius 3 is 2.92 bits per heavy atom. The Hall–Kier alpha value is -2.37. The fourth-order valence-corrected chi connectivity index (χ4v) is 3.49. The van der Waals surface area contributed by atoms with Gasteiger partial charge in [-0.1, -0.05) is 18.6 Å². The number of carbonyl (C=O) groups is 2. The van der Waals surface area contributed by atoms with Gasteiger partial charge in [0.2, 0.25) is 11.8 Å². The van der Waals surface area contributed by atoms with E-state index in [4.69, 9.17) is 0 Å². The van der Waals surface area contributed by atoms with Gasteiger partial charge < -0.3 is 14.8 Å². The van der Waals surface area contributed by atoms with E-state index in [0.717, 1.165) is 55.5 Å². The Morgan fingerprint density at radius 1 is 1.23 bits per heavy atom. The van der Waals surface area contributed by atoms with E-state index in [1.165, 1.54) is 0 Å². The smallest absolute Gasteiger partial charge is 0.222 e. The van der Waals surface area contributed by atoms with Crippen LogP contribution in [-0.4, -0.2) is 45.9 Å². The first-order valence-corrected chi connectivity index (χ1v) is 9.60. The zero-order valence-corrected chi connectivity index (χ0v) is 15.5. The molecule has 6 nitrogen and oxygen atoms in total. The molecule has 3 rings (SSSR count). The molecule has 2 aromatic rings. The molecule has 1 saturated heterocycles. The highest BCUT2D eigenvalue weighted by atomic mass is 16.2. The van der Waals surface area contributed by atoms with Crippen LogP contribution in [0.4, 0.5) is 0 Å². The van der Waals surface area contributed by atoms with Gasteiger partial charge in [0.25, 0.3) is 0 Å². The van der Waals surface area contributed by atoms with E-state index in [1.807, 2.05) is 30.1 Å². The van der Waals surface area contributed by atoms with E-state index >= 15 is 0 Å². The van der Waals surface area contributed by atoms with Crippen molar-refractivity contribution in [1.82, 2.24) is 19.8 Å². The minimum absolute atomic E-state index is 0.0204. The summed E-state index contributed by atoms with van der Waals surface area (Å²) in [4.78, 5) is 30.5. The molecule has 6 heteroatoms. The average molecular weight is 356 g/mol. The largest absolute Gasteiger partial charge is 0.356 e. The molecule has 1 aromatic heterocycles. The van der Waals surface area contributed by atoms with Gasteiger partial charge in [-0.25, -0.2) is 4.98 Å². The Kier molecular flexibility index (Phi) is 6.26. The molecule has 2 heterocycles. The molecule has 1 aliphatic rings. The number of likely N-dealkylation sites (tertiary alicyclic amines) is 1. The molecule has 1 fully saturated rings. The number of fused-ring (bicyclic) bond motifs is 1. The number of aromatic nitrogens is 2. The zero-order chi connectivity index (χ0) is 18.4. The second-order valence-corrected chi connectivity index (χ2v) is 6.97. The van der Waals surface area contributed by atoms with Crippen LogP contribution in [0.5, 0.6) is 0 Å². The third-order valence-corrected chi connectivity index (χ3v) is 5.06. The maximum absolute atomic E-state index is 12.0. The lowest BCUT2D eigenvalue weighted by molar-refractivity contribution is -0.131. The maximum Gasteiger partial charge on any atom is 0.222 e. The van der Waals surface area contributed by atoms with Crippen molar-refractivity contribution in [2.75, 3.05) is 19.6 Å². The highest BCUT2D eigenvalue weighted by Crippen LogP contribution is 2.15. The molecular weight excluding hydrogens is 328 g/mol. The van der Waals surface area contributed by atoms with Crippen molar-refractivity contribution in [3.63, 3.8) is 0 Å². The SMILES string of the molecule is Cn1c(CCCNC(=O)CCN2CCCCCC2=O)nc2ccccc21. The van der Waals surface area contributed by atoms with E-state index in [9.17, 15) is 9.59 Å². The van der Waals surface area contributed by atoms with Crippen molar-refractivity contribution in [1.29, 1.82) is 0 Å². The number of rotatable bonds is 7.